The van der Waals surface area contributed by atoms with Gasteiger partial charge in [-0.1, -0.05) is 0 Å². The summed E-state index contributed by atoms with van der Waals surface area (Å²) in [6.07, 6.45) is 2.36. The van der Waals surface area contributed by atoms with E-state index < -0.39 is 17.1 Å². The van der Waals surface area contributed by atoms with Crippen LogP contribution < -0.4 is 10.6 Å². The molecule has 2 heterocycles. The number of carbonyl (C=O) groups excluding carboxylic acids is 2. The van der Waals surface area contributed by atoms with E-state index in [1.54, 1.807) is 12.3 Å². The van der Waals surface area contributed by atoms with Crippen molar-refractivity contribution in [2.45, 2.75) is 50.7 Å². The number of nitrogens with zero attached hydrogens (tertiary/aromatic N) is 1. The monoisotopic (exact) mass is 289 g/mol. The van der Waals surface area contributed by atoms with Gasteiger partial charge in [0.15, 0.2) is 0 Å². The number of anilines is 1. The second kappa shape index (κ2) is 4.44. The highest BCUT2D eigenvalue weighted by molar-refractivity contribution is 6.06. The fourth-order valence-electron chi connectivity index (χ4n) is 2.97. The van der Waals surface area contributed by atoms with Crippen molar-refractivity contribution in [3.63, 3.8) is 0 Å². The Bertz CT molecular complexity index is 600. The van der Waals surface area contributed by atoms with Crippen LogP contribution in [-0.2, 0) is 14.9 Å². The molecule has 1 aromatic heterocycles. The normalized spacial score (nSPS) is 26.8. The van der Waals surface area contributed by atoms with E-state index in [4.69, 9.17) is 4.74 Å². The first kappa shape index (κ1) is 13.9. The number of hydrogen-bond acceptors (Lipinski definition) is 4. The molecule has 0 unspecified atom stereocenters. The first-order valence-corrected chi connectivity index (χ1v) is 7.07. The van der Waals surface area contributed by atoms with Crippen LogP contribution in [0.1, 0.15) is 39.3 Å². The number of aromatic nitrogens is 1. The van der Waals surface area contributed by atoms with Gasteiger partial charge in [0.05, 0.1) is 16.8 Å². The number of ether oxygens (including phenoxy) is 1. The van der Waals surface area contributed by atoms with E-state index in [1.807, 2.05) is 26.8 Å². The Morgan fingerprint density at radius 2 is 2.19 bits per heavy atom. The molecule has 6 nitrogen and oxygen atoms in total. The van der Waals surface area contributed by atoms with Gasteiger partial charge in [-0.05, 0) is 45.7 Å². The highest BCUT2D eigenvalue weighted by Crippen LogP contribution is 2.50. The van der Waals surface area contributed by atoms with Crippen molar-refractivity contribution in [3.8, 4) is 0 Å². The van der Waals surface area contributed by atoms with Gasteiger partial charge >= 0.3 is 6.09 Å². The molecule has 1 aliphatic carbocycles. The van der Waals surface area contributed by atoms with Crippen LogP contribution in [0.2, 0.25) is 0 Å². The summed E-state index contributed by atoms with van der Waals surface area (Å²) >= 11 is 0. The number of carbonyl (C=O) groups is 2. The maximum Gasteiger partial charge on any atom is 0.407 e. The van der Waals surface area contributed by atoms with Crippen molar-refractivity contribution in [3.05, 3.63) is 24.0 Å². The van der Waals surface area contributed by atoms with Gasteiger partial charge in [0, 0.05) is 12.2 Å². The van der Waals surface area contributed by atoms with Crippen molar-refractivity contribution in [2.75, 3.05) is 5.32 Å². The lowest BCUT2D eigenvalue weighted by Gasteiger charge is -2.42. The minimum absolute atomic E-state index is 0.0292. The number of rotatable bonds is 1. The van der Waals surface area contributed by atoms with Gasteiger partial charge in [0.2, 0.25) is 5.91 Å². The first-order valence-electron chi connectivity index (χ1n) is 7.07. The van der Waals surface area contributed by atoms with Crippen LogP contribution in [0.15, 0.2) is 18.3 Å². The molecule has 1 aromatic rings. The van der Waals surface area contributed by atoms with Crippen LogP contribution in [0.4, 0.5) is 10.5 Å². The second-order valence-electron chi connectivity index (χ2n) is 6.69. The Kier molecular flexibility index (Phi) is 2.93. The summed E-state index contributed by atoms with van der Waals surface area (Å²) < 4.78 is 5.23. The average Bonchev–Trinajstić information content (AvgIpc) is 2.59. The Morgan fingerprint density at radius 3 is 2.86 bits per heavy atom. The summed E-state index contributed by atoms with van der Waals surface area (Å²) in [5.41, 5.74) is 0.455. The van der Waals surface area contributed by atoms with Gasteiger partial charge in [0.1, 0.15) is 5.60 Å². The molecule has 0 radical (unpaired) electrons. The molecule has 1 fully saturated rings. The lowest BCUT2D eigenvalue weighted by molar-refractivity contribution is -0.124. The van der Waals surface area contributed by atoms with Crippen LogP contribution in [0, 0.1) is 0 Å². The van der Waals surface area contributed by atoms with Crippen molar-refractivity contribution in [1.29, 1.82) is 0 Å². The number of hydrogen-bond donors (Lipinski definition) is 2. The minimum atomic E-state index is -0.587. The van der Waals surface area contributed by atoms with E-state index in [0.29, 0.717) is 12.8 Å². The molecular formula is C15H19N3O3. The van der Waals surface area contributed by atoms with E-state index in [1.165, 1.54) is 0 Å². The van der Waals surface area contributed by atoms with Gasteiger partial charge in [-0.15, -0.1) is 0 Å². The van der Waals surface area contributed by atoms with Crippen molar-refractivity contribution < 1.29 is 14.3 Å². The van der Waals surface area contributed by atoms with Crippen molar-refractivity contribution in [2.24, 2.45) is 0 Å². The molecule has 1 saturated carbocycles. The molecule has 0 saturated heterocycles. The molecule has 0 atom stereocenters. The first-order chi connectivity index (χ1) is 9.80. The van der Waals surface area contributed by atoms with Gasteiger partial charge in [-0.25, -0.2) is 4.79 Å². The molecule has 1 spiro atoms. The van der Waals surface area contributed by atoms with Crippen LogP contribution >= 0.6 is 0 Å². The fourth-order valence-corrected chi connectivity index (χ4v) is 2.97. The Balaban J connectivity index is 1.66. The maximum atomic E-state index is 12.2. The van der Waals surface area contributed by atoms with Gasteiger partial charge in [-0.2, -0.15) is 0 Å². The SMILES string of the molecule is CC(C)(C)OC(=O)NC1CC2(C1)C(=O)Nc1cccnc12. The summed E-state index contributed by atoms with van der Waals surface area (Å²) in [6, 6.07) is 3.59. The number of pyridine rings is 1. The smallest absolute Gasteiger partial charge is 0.407 e. The van der Waals surface area contributed by atoms with Crippen LogP contribution in [0.3, 0.4) is 0 Å². The molecule has 0 bridgehead atoms. The van der Waals surface area contributed by atoms with E-state index >= 15 is 0 Å². The molecule has 2 amide bonds. The molecule has 2 aliphatic rings. The molecule has 21 heavy (non-hydrogen) atoms. The summed E-state index contributed by atoms with van der Waals surface area (Å²) in [5.74, 6) is -0.0292. The predicted octanol–water partition coefficient (Wildman–Crippen LogP) is 1.96. The summed E-state index contributed by atoms with van der Waals surface area (Å²) in [4.78, 5) is 28.3. The number of alkyl carbamates (subject to hydrolysis) is 1. The maximum absolute atomic E-state index is 12.2. The highest BCUT2D eigenvalue weighted by atomic mass is 16.6. The zero-order valence-electron chi connectivity index (χ0n) is 12.4. The fraction of sp³-hybridized carbons (Fsp3) is 0.533. The summed E-state index contributed by atoms with van der Waals surface area (Å²) in [6.45, 7) is 5.46. The minimum Gasteiger partial charge on any atom is -0.444 e. The topological polar surface area (TPSA) is 80.3 Å². The van der Waals surface area contributed by atoms with Crippen LogP contribution in [0.25, 0.3) is 0 Å². The number of nitrogens with one attached hydrogen (secondary N) is 2. The predicted molar refractivity (Wildman–Crippen MR) is 76.9 cm³/mol. The summed E-state index contributed by atoms with van der Waals surface area (Å²) in [7, 11) is 0. The number of fused-ring (bicyclic) bond motifs is 2. The van der Waals surface area contributed by atoms with E-state index in [-0.39, 0.29) is 11.9 Å². The molecule has 0 aromatic carbocycles. The van der Waals surface area contributed by atoms with E-state index in [9.17, 15) is 9.59 Å². The molecular weight excluding hydrogens is 270 g/mol. The third kappa shape index (κ3) is 2.34. The molecule has 112 valence electrons. The van der Waals surface area contributed by atoms with Crippen LogP contribution in [0.5, 0.6) is 0 Å². The Morgan fingerprint density at radius 1 is 1.48 bits per heavy atom. The third-order valence-corrected chi connectivity index (χ3v) is 3.85. The largest absolute Gasteiger partial charge is 0.444 e. The Labute approximate surface area is 123 Å². The molecule has 1 aliphatic heterocycles. The highest BCUT2D eigenvalue weighted by Gasteiger charge is 2.57. The third-order valence-electron chi connectivity index (χ3n) is 3.85. The quantitative estimate of drug-likeness (QED) is 0.828. The van der Waals surface area contributed by atoms with Crippen LogP contribution in [-0.4, -0.2) is 28.6 Å². The molecule has 6 heteroatoms. The number of amides is 2. The van der Waals surface area contributed by atoms with E-state index in [2.05, 4.69) is 15.6 Å². The van der Waals surface area contributed by atoms with Crippen molar-refractivity contribution in [1.82, 2.24) is 10.3 Å². The lowest BCUT2D eigenvalue weighted by Crippen LogP contribution is -2.57. The zero-order chi connectivity index (χ0) is 15.3. The van der Waals surface area contributed by atoms with E-state index in [0.717, 1.165) is 11.4 Å². The lowest BCUT2D eigenvalue weighted by atomic mass is 9.64. The van der Waals surface area contributed by atoms with Gasteiger partial charge in [-0.3, -0.25) is 9.78 Å². The standard InChI is InChI=1S/C15H19N3O3/c1-14(2,3)21-13(20)17-9-7-15(8-9)11-10(18-12(15)19)5-4-6-16-11/h4-6,9H,7-8H2,1-3H3,(H,17,20)(H,18,19). The van der Waals surface area contributed by atoms with Gasteiger partial charge < -0.3 is 15.4 Å². The summed E-state index contributed by atoms with van der Waals surface area (Å²) in [5, 5.41) is 5.66. The molecule has 2 N–H and O–H groups in total. The Hall–Kier alpha value is -2.11. The second-order valence-corrected chi connectivity index (χ2v) is 6.69. The zero-order valence-corrected chi connectivity index (χ0v) is 12.4. The van der Waals surface area contributed by atoms with Crippen molar-refractivity contribution >= 4 is 17.7 Å². The molecule has 3 rings (SSSR count). The van der Waals surface area contributed by atoms with Gasteiger partial charge in [0.25, 0.3) is 0 Å². The average molecular weight is 289 g/mol.